The van der Waals surface area contributed by atoms with Crippen molar-refractivity contribution in [2.45, 2.75) is 118 Å². The van der Waals surface area contributed by atoms with Gasteiger partial charge in [0.2, 0.25) is 5.91 Å². The van der Waals surface area contributed by atoms with Crippen molar-refractivity contribution >= 4 is 18.3 Å². The van der Waals surface area contributed by atoms with Crippen LogP contribution in [0.1, 0.15) is 94.9 Å². The molecule has 1 aliphatic rings. The first-order chi connectivity index (χ1) is 14.6. The molecule has 3 atom stereocenters. The zero-order chi connectivity index (χ0) is 24.9. The largest absolute Gasteiger partial charge is 0.444 e. The summed E-state index contributed by atoms with van der Waals surface area (Å²) in [6, 6.07) is -0.392. The summed E-state index contributed by atoms with van der Waals surface area (Å²) in [6.45, 7) is 19.4. The Hall–Kier alpha value is -1.63. The number of hydrogen-bond acceptors (Lipinski definition) is 5. The maximum atomic E-state index is 13.1. The fourth-order valence-corrected chi connectivity index (χ4v) is 4.10. The van der Waals surface area contributed by atoms with Crippen molar-refractivity contribution in [2.24, 2.45) is 17.3 Å². The molecule has 1 unspecified atom stereocenters. The molecule has 7 nitrogen and oxygen atoms in total. The third kappa shape index (κ3) is 7.75. The van der Waals surface area contributed by atoms with E-state index in [-0.39, 0.29) is 24.3 Å². The van der Waals surface area contributed by atoms with Gasteiger partial charge in [0.05, 0.1) is 12.1 Å². The molecule has 1 saturated heterocycles. The number of aldehydes is 1. The van der Waals surface area contributed by atoms with Crippen molar-refractivity contribution in [2.75, 3.05) is 6.54 Å². The Bertz CT molecular complexity index is 651. The summed E-state index contributed by atoms with van der Waals surface area (Å²) in [5.74, 6) is -0.140. The Balaban J connectivity index is 3.13. The number of rotatable bonds is 10. The van der Waals surface area contributed by atoms with Crippen LogP contribution < -0.4 is 5.32 Å². The Labute approximate surface area is 195 Å². The van der Waals surface area contributed by atoms with E-state index in [1.807, 2.05) is 62.3 Å². The number of ether oxygens (including phenoxy) is 2. The lowest BCUT2D eigenvalue weighted by molar-refractivity contribution is -0.131. The molecule has 1 fully saturated rings. The fraction of sp³-hybridized carbons (Fsp3) is 0.880. The minimum atomic E-state index is -0.926. The molecule has 0 aliphatic carbocycles. The molecule has 1 heterocycles. The third-order valence-electron chi connectivity index (χ3n) is 6.15. The van der Waals surface area contributed by atoms with Gasteiger partial charge in [-0.15, -0.1) is 0 Å². The van der Waals surface area contributed by atoms with Gasteiger partial charge in [-0.3, -0.25) is 9.69 Å². The van der Waals surface area contributed by atoms with Gasteiger partial charge in [0.1, 0.15) is 17.6 Å². The standard InChI is InChI=1S/C25H46N2O5/c1-11-12-13-24(7,8)21(29)26-15-20-19(14-18(16-28)17(2)3)27(25(9,10)31-20)22(30)32-23(4,5)6/h16-20H,11-15H2,1-10H3,(H,26,29)/t18?,19-,20+/m0/s1. The molecule has 32 heavy (non-hydrogen) atoms. The predicted molar refractivity (Wildman–Crippen MR) is 126 cm³/mol. The van der Waals surface area contributed by atoms with Crippen molar-refractivity contribution in [3.05, 3.63) is 0 Å². The van der Waals surface area contributed by atoms with Crippen LogP contribution in [0, 0.1) is 17.3 Å². The first kappa shape index (κ1) is 28.4. The van der Waals surface area contributed by atoms with E-state index < -0.39 is 35.0 Å². The van der Waals surface area contributed by atoms with Crippen LogP contribution >= 0.6 is 0 Å². The second-order valence-corrected chi connectivity index (χ2v) is 11.5. The molecule has 2 amide bonds. The maximum Gasteiger partial charge on any atom is 0.412 e. The number of unbranched alkanes of at least 4 members (excludes halogenated alkanes) is 1. The highest BCUT2D eigenvalue weighted by molar-refractivity contribution is 5.81. The van der Waals surface area contributed by atoms with Gasteiger partial charge < -0.3 is 19.6 Å². The molecule has 0 aromatic carbocycles. The summed E-state index contributed by atoms with van der Waals surface area (Å²) in [7, 11) is 0. The summed E-state index contributed by atoms with van der Waals surface area (Å²) in [5, 5.41) is 3.04. The highest BCUT2D eigenvalue weighted by Crippen LogP contribution is 2.37. The van der Waals surface area contributed by atoms with Crippen LogP contribution in [-0.4, -0.2) is 53.2 Å². The zero-order valence-corrected chi connectivity index (χ0v) is 21.9. The monoisotopic (exact) mass is 454 g/mol. The van der Waals surface area contributed by atoms with Crippen molar-refractivity contribution in [3.8, 4) is 0 Å². The third-order valence-corrected chi connectivity index (χ3v) is 6.15. The minimum absolute atomic E-state index is 0.0300. The van der Waals surface area contributed by atoms with E-state index in [9.17, 15) is 14.4 Å². The Morgan fingerprint density at radius 2 is 1.78 bits per heavy atom. The normalized spacial score (nSPS) is 22.0. The van der Waals surface area contributed by atoms with Crippen molar-refractivity contribution in [1.29, 1.82) is 0 Å². The topological polar surface area (TPSA) is 84.9 Å². The number of carbonyl (C=O) groups excluding carboxylic acids is 3. The molecule has 1 rings (SSSR count). The number of amides is 2. The Kier molecular flexibility index (Phi) is 9.76. The van der Waals surface area contributed by atoms with Gasteiger partial charge in [-0.25, -0.2) is 4.79 Å². The molecule has 1 aliphatic heterocycles. The summed E-state index contributed by atoms with van der Waals surface area (Å²) in [6.07, 6.45) is 3.31. The minimum Gasteiger partial charge on any atom is -0.444 e. The maximum absolute atomic E-state index is 13.1. The summed E-state index contributed by atoms with van der Waals surface area (Å²) in [4.78, 5) is 39.4. The van der Waals surface area contributed by atoms with E-state index in [2.05, 4.69) is 12.2 Å². The van der Waals surface area contributed by atoms with Gasteiger partial charge in [-0.1, -0.05) is 47.5 Å². The molecule has 0 saturated carbocycles. The first-order valence-electron chi connectivity index (χ1n) is 12.0. The number of hydrogen-bond donors (Lipinski definition) is 1. The lowest BCUT2D eigenvalue weighted by Crippen LogP contribution is -2.52. The second kappa shape index (κ2) is 11.0. The van der Waals surface area contributed by atoms with Crippen LogP contribution in [0.25, 0.3) is 0 Å². The zero-order valence-electron chi connectivity index (χ0n) is 21.9. The lowest BCUT2D eigenvalue weighted by Gasteiger charge is -2.36. The Morgan fingerprint density at radius 3 is 2.25 bits per heavy atom. The molecular formula is C25H46N2O5. The van der Waals surface area contributed by atoms with Gasteiger partial charge in [-0.2, -0.15) is 0 Å². The van der Waals surface area contributed by atoms with Gasteiger partial charge in [0.15, 0.2) is 0 Å². The van der Waals surface area contributed by atoms with Gasteiger partial charge >= 0.3 is 6.09 Å². The van der Waals surface area contributed by atoms with E-state index in [1.54, 1.807) is 4.90 Å². The van der Waals surface area contributed by atoms with E-state index in [4.69, 9.17) is 9.47 Å². The molecule has 0 aromatic rings. The summed E-state index contributed by atoms with van der Waals surface area (Å²) >= 11 is 0. The van der Waals surface area contributed by atoms with Crippen molar-refractivity contribution in [3.63, 3.8) is 0 Å². The van der Waals surface area contributed by atoms with Crippen LogP contribution in [0.3, 0.4) is 0 Å². The molecule has 0 bridgehead atoms. The van der Waals surface area contributed by atoms with Crippen LogP contribution in [0.15, 0.2) is 0 Å². The van der Waals surface area contributed by atoms with Crippen LogP contribution in [0.4, 0.5) is 4.79 Å². The average molecular weight is 455 g/mol. The van der Waals surface area contributed by atoms with E-state index in [0.29, 0.717) is 6.42 Å². The van der Waals surface area contributed by atoms with Gasteiger partial charge in [0.25, 0.3) is 0 Å². The van der Waals surface area contributed by atoms with Crippen LogP contribution in [0.5, 0.6) is 0 Å². The number of carbonyl (C=O) groups is 3. The lowest BCUT2D eigenvalue weighted by atomic mass is 9.86. The predicted octanol–water partition coefficient (Wildman–Crippen LogP) is 4.92. The molecule has 186 valence electrons. The van der Waals surface area contributed by atoms with Gasteiger partial charge in [-0.05, 0) is 53.4 Å². The molecule has 1 N–H and O–H groups in total. The van der Waals surface area contributed by atoms with Crippen LogP contribution in [-0.2, 0) is 19.1 Å². The van der Waals surface area contributed by atoms with E-state index in [0.717, 1.165) is 25.5 Å². The van der Waals surface area contributed by atoms with Gasteiger partial charge in [0, 0.05) is 17.9 Å². The van der Waals surface area contributed by atoms with E-state index >= 15 is 0 Å². The molecular weight excluding hydrogens is 408 g/mol. The van der Waals surface area contributed by atoms with E-state index in [1.165, 1.54) is 0 Å². The first-order valence-corrected chi connectivity index (χ1v) is 12.0. The molecule has 0 radical (unpaired) electrons. The number of nitrogens with zero attached hydrogens (tertiary/aromatic N) is 1. The SMILES string of the molecule is CCCCC(C)(C)C(=O)NC[C@H]1OC(C)(C)N(C(=O)OC(C)(C)C)[C@H]1CC(C=O)C(C)C. The smallest absolute Gasteiger partial charge is 0.412 e. The highest BCUT2D eigenvalue weighted by Gasteiger charge is 2.52. The molecule has 0 aromatic heterocycles. The molecule has 7 heteroatoms. The Morgan fingerprint density at radius 1 is 1.19 bits per heavy atom. The number of nitrogens with one attached hydrogen (secondary N) is 1. The van der Waals surface area contributed by atoms with Crippen molar-refractivity contribution in [1.82, 2.24) is 10.2 Å². The summed E-state index contributed by atoms with van der Waals surface area (Å²) in [5.41, 5.74) is -2.06. The van der Waals surface area contributed by atoms with Crippen LogP contribution in [0.2, 0.25) is 0 Å². The second-order valence-electron chi connectivity index (χ2n) is 11.5. The fourth-order valence-electron chi connectivity index (χ4n) is 4.10. The highest BCUT2D eigenvalue weighted by atomic mass is 16.6. The quantitative estimate of drug-likeness (QED) is 0.474. The average Bonchev–Trinajstić information content (AvgIpc) is 2.90. The molecule has 0 spiro atoms. The van der Waals surface area contributed by atoms with Crippen molar-refractivity contribution < 1.29 is 23.9 Å². The summed E-state index contributed by atoms with van der Waals surface area (Å²) < 4.78 is 11.9.